The zero-order valence-electron chi connectivity index (χ0n) is 12.7. The summed E-state index contributed by atoms with van der Waals surface area (Å²) in [6, 6.07) is 8.29. The number of carbonyl (C=O) groups excluding carboxylic acids is 2. The fraction of sp³-hybridized carbons (Fsp3) is 0.188. The van der Waals surface area contributed by atoms with Crippen LogP contribution in [0.5, 0.6) is 0 Å². The number of hydrogen-bond acceptors (Lipinski definition) is 4. The first-order valence-electron chi connectivity index (χ1n) is 7.01. The molecule has 23 heavy (non-hydrogen) atoms. The highest BCUT2D eigenvalue weighted by molar-refractivity contribution is 6.31. The van der Waals surface area contributed by atoms with Gasteiger partial charge < -0.3 is 10.2 Å². The van der Waals surface area contributed by atoms with Gasteiger partial charge in [-0.05, 0) is 44.4 Å². The number of carbonyl (C=O) groups is 2. The van der Waals surface area contributed by atoms with Gasteiger partial charge in [0.25, 0.3) is 5.91 Å². The summed E-state index contributed by atoms with van der Waals surface area (Å²) in [5, 5.41) is 3.27. The summed E-state index contributed by atoms with van der Waals surface area (Å²) in [4.78, 5) is 32.6. The van der Waals surface area contributed by atoms with E-state index in [0.717, 1.165) is 0 Å². The van der Waals surface area contributed by atoms with E-state index in [1.54, 1.807) is 55.5 Å². The molecule has 0 bridgehead atoms. The zero-order valence-corrected chi connectivity index (χ0v) is 13.5. The van der Waals surface area contributed by atoms with Crippen LogP contribution in [0.15, 0.2) is 36.5 Å². The average Bonchev–Trinajstić information content (AvgIpc) is 2.61. The summed E-state index contributed by atoms with van der Waals surface area (Å²) in [6.45, 7) is 0.177. The molecule has 1 N–H and O–H groups in total. The number of amides is 2. The van der Waals surface area contributed by atoms with E-state index >= 15 is 0 Å². The Kier molecular flexibility index (Phi) is 4.02. The van der Waals surface area contributed by atoms with Crippen molar-refractivity contribution in [3.05, 3.63) is 47.1 Å². The van der Waals surface area contributed by atoms with E-state index in [1.165, 1.54) is 4.90 Å². The highest BCUT2D eigenvalue weighted by Crippen LogP contribution is 2.38. The van der Waals surface area contributed by atoms with Crippen molar-refractivity contribution in [2.75, 3.05) is 30.9 Å². The monoisotopic (exact) mass is 330 g/mol. The number of anilines is 3. The number of nitrogens with one attached hydrogen (secondary N) is 1. The third-order valence-electron chi connectivity index (χ3n) is 3.39. The number of nitrogens with zero attached hydrogens (tertiary/aromatic N) is 3. The van der Waals surface area contributed by atoms with E-state index in [4.69, 9.17) is 11.6 Å². The quantitative estimate of drug-likeness (QED) is 0.919. The summed E-state index contributed by atoms with van der Waals surface area (Å²) in [6.07, 6.45) is 1.55. The number of fused-ring (bicyclic) bond motifs is 2. The Morgan fingerprint density at radius 1 is 1.35 bits per heavy atom. The summed E-state index contributed by atoms with van der Waals surface area (Å²) < 4.78 is 0. The Labute approximate surface area is 138 Å². The van der Waals surface area contributed by atoms with E-state index in [0.29, 0.717) is 27.8 Å². The average molecular weight is 331 g/mol. The van der Waals surface area contributed by atoms with Crippen molar-refractivity contribution in [1.82, 2.24) is 9.88 Å². The van der Waals surface area contributed by atoms with Crippen LogP contribution in [-0.4, -0.2) is 42.3 Å². The molecule has 6 nitrogen and oxygen atoms in total. The van der Waals surface area contributed by atoms with E-state index in [-0.39, 0.29) is 18.4 Å². The van der Waals surface area contributed by atoms with Crippen molar-refractivity contribution in [3.63, 3.8) is 0 Å². The SMILES string of the molecule is CN(C)CC(=O)N1c2cc(Cl)ccc2NC(=O)c2cccnc21. The predicted molar refractivity (Wildman–Crippen MR) is 89.3 cm³/mol. The third kappa shape index (κ3) is 2.91. The standard InChI is InChI=1S/C16H15ClN4O2/c1-20(2)9-14(22)21-13-8-10(17)5-6-12(13)19-16(23)11-4-3-7-18-15(11)21/h3-8H,9H2,1-2H3,(H,19,23). The molecule has 0 fully saturated rings. The van der Waals surface area contributed by atoms with Gasteiger partial charge in [-0.3, -0.25) is 14.5 Å². The number of likely N-dealkylation sites (N-methyl/N-ethyl adjacent to an activating group) is 1. The summed E-state index contributed by atoms with van der Waals surface area (Å²) in [5.41, 5.74) is 1.37. The van der Waals surface area contributed by atoms with Gasteiger partial charge >= 0.3 is 0 Å². The molecule has 7 heteroatoms. The van der Waals surface area contributed by atoms with Crippen molar-refractivity contribution in [1.29, 1.82) is 0 Å². The molecule has 1 aliphatic rings. The highest BCUT2D eigenvalue weighted by atomic mass is 35.5. The lowest BCUT2D eigenvalue weighted by Crippen LogP contribution is -2.35. The van der Waals surface area contributed by atoms with E-state index < -0.39 is 0 Å². The summed E-state index contributed by atoms with van der Waals surface area (Å²) in [5.74, 6) is -0.204. The molecule has 3 rings (SSSR count). The second-order valence-corrected chi connectivity index (χ2v) is 5.89. The van der Waals surface area contributed by atoms with Crippen LogP contribution in [0.2, 0.25) is 5.02 Å². The van der Waals surface area contributed by atoms with Crippen LogP contribution in [0.4, 0.5) is 17.2 Å². The molecule has 0 saturated carbocycles. The van der Waals surface area contributed by atoms with Gasteiger partial charge in [0.15, 0.2) is 5.82 Å². The first-order valence-corrected chi connectivity index (χ1v) is 7.39. The van der Waals surface area contributed by atoms with Gasteiger partial charge in [-0.1, -0.05) is 11.6 Å². The molecule has 0 aliphatic carbocycles. The van der Waals surface area contributed by atoms with Crippen molar-refractivity contribution in [3.8, 4) is 0 Å². The molecular formula is C16H15ClN4O2. The second-order valence-electron chi connectivity index (χ2n) is 5.46. The molecule has 2 amide bonds. The van der Waals surface area contributed by atoms with Gasteiger partial charge in [0.1, 0.15) is 0 Å². The minimum Gasteiger partial charge on any atom is -0.320 e. The zero-order chi connectivity index (χ0) is 16.6. The largest absolute Gasteiger partial charge is 0.320 e. The first-order chi connectivity index (χ1) is 11.0. The lowest BCUT2D eigenvalue weighted by Gasteiger charge is -2.24. The van der Waals surface area contributed by atoms with E-state index in [9.17, 15) is 9.59 Å². The maximum Gasteiger partial charge on any atom is 0.259 e. The Hall–Kier alpha value is -2.44. The molecule has 0 unspecified atom stereocenters. The molecule has 2 heterocycles. The van der Waals surface area contributed by atoms with Crippen LogP contribution in [0.3, 0.4) is 0 Å². The van der Waals surface area contributed by atoms with Crippen LogP contribution >= 0.6 is 11.6 Å². The Balaban J connectivity index is 2.23. The van der Waals surface area contributed by atoms with Gasteiger partial charge in [-0.15, -0.1) is 0 Å². The molecule has 1 aliphatic heterocycles. The smallest absolute Gasteiger partial charge is 0.259 e. The molecule has 1 aromatic carbocycles. The van der Waals surface area contributed by atoms with Crippen LogP contribution in [0, 0.1) is 0 Å². The van der Waals surface area contributed by atoms with Gasteiger partial charge in [-0.2, -0.15) is 0 Å². The van der Waals surface area contributed by atoms with Gasteiger partial charge in [-0.25, -0.2) is 4.98 Å². The van der Waals surface area contributed by atoms with Crippen molar-refractivity contribution < 1.29 is 9.59 Å². The topological polar surface area (TPSA) is 65.5 Å². The predicted octanol–water partition coefficient (Wildman–Crippen LogP) is 2.53. The molecule has 0 atom stereocenters. The number of pyridine rings is 1. The number of benzene rings is 1. The molecule has 0 spiro atoms. The van der Waals surface area contributed by atoms with E-state index in [2.05, 4.69) is 10.3 Å². The van der Waals surface area contributed by atoms with Gasteiger partial charge in [0.05, 0.1) is 23.5 Å². The summed E-state index contributed by atoms with van der Waals surface area (Å²) >= 11 is 6.09. The molecule has 0 radical (unpaired) electrons. The molecule has 2 aromatic rings. The van der Waals surface area contributed by atoms with Crippen molar-refractivity contribution >= 4 is 40.6 Å². The highest BCUT2D eigenvalue weighted by Gasteiger charge is 2.30. The van der Waals surface area contributed by atoms with Crippen LogP contribution in [0.1, 0.15) is 10.4 Å². The van der Waals surface area contributed by atoms with Gasteiger partial charge in [0, 0.05) is 11.2 Å². The fourth-order valence-corrected chi connectivity index (χ4v) is 2.61. The third-order valence-corrected chi connectivity index (χ3v) is 3.63. The lowest BCUT2D eigenvalue weighted by atomic mass is 10.2. The van der Waals surface area contributed by atoms with Crippen LogP contribution in [-0.2, 0) is 4.79 Å². The normalized spacial score (nSPS) is 13.2. The maximum atomic E-state index is 12.8. The van der Waals surface area contributed by atoms with E-state index in [1.807, 2.05) is 0 Å². The Morgan fingerprint density at radius 2 is 2.13 bits per heavy atom. The van der Waals surface area contributed by atoms with Crippen molar-refractivity contribution in [2.24, 2.45) is 0 Å². The minimum atomic E-state index is -0.308. The minimum absolute atomic E-state index is 0.177. The summed E-state index contributed by atoms with van der Waals surface area (Å²) in [7, 11) is 3.61. The van der Waals surface area contributed by atoms with Gasteiger partial charge in [0.2, 0.25) is 5.91 Å². The fourth-order valence-electron chi connectivity index (χ4n) is 2.45. The second kappa shape index (κ2) is 5.98. The Bertz CT molecular complexity index is 791. The Morgan fingerprint density at radius 3 is 2.87 bits per heavy atom. The molecule has 0 saturated heterocycles. The van der Waals surface area contributed by atoms with Crippen LogP contribution in [0.25, 0.3) is 0 Å². The number of halogens is 1. The maximum absolute atomic E-state index is 12.8. The number of rotatable bonds is 2. The van der Waals surface area contributed by atoms with Crippen molar-refractivity contribution in [2.45, 2.75) is 0 Å². The number of aromatic nitrogens is 1. The molecule has 118 valence electrons. The van der Waals surface area contributed by atoms with Crippen LogP contribution < -0.4 is 10.2 Å². The lowest BCUT2D eigenvalue weighted by molar-refractivity contribution is -0.118. The molecule has 1 aromatic heterocycles. The number of hydrogen-bond donors (Lipinski definition) is 1. The molecular weight excluding hydrogens is 316 g/mol. The first kappa shape index (κ1) is 15.5.